The van der Waals surface area contributed by atoms with Crippen LogP contribution in [0.1, 0.15) is 21.5 Å². The Kier molecular flexibility index (Phi) is 4.99. The molecule has 4 rings (SSSR count). The Balaban J connectivity index is 1.81. The summed E-state index contributed by atoms with van der Waals surface area (Å²) in [6.45, 7) is 0. The number of carbonyl (C=O) groups excluding carboxylic acids is 1. The number of hydrogen-bond donors (Lipinski definition) is 3. The first-order valence-corrected chi connectivity index (χ1v) is 9.41. The zero-order valence-electron chi connectivity index (χ0n) is 15.8. The van der Waals surface area contributed by atoms with Crippen LogP contribution in [0.3, 0.4) is 0 Å². The van der Waals surface area contributed by atoms with E-state index in [4.69, 9.17) is 16.3 Å². The summed E-state index contributed by atoms with van der Waals surface area (Å²) < 4.78 is 32.4. The second-order valence-electron chi connectivity index (χ2n) is 7.00. The molecule has 1 aliphatic rings. The molecule has 0 saturated carbocycles. The molecule has 8 heteroatoms. The van der Waals surface area contributed by atoms with Crippen LogP contribution in [0.25, 0.3) is 0 Å². The van der Waals surface area contributed by atoms with Gasteiger partial charge in [0.05, 0.1) is 24.0 Å². The van der Waals surface area contributed by atoms with Crippen LogP contribution in [0.15, 0.2) is 54.6 Å². The van der Waals surface area contributed by atoms with Crippen LogP contribution in [-0.4, -0.2) is 18.2 Å². The van der Waals surface area contributed by atoms with Crippen LogP contribution in [-0.2, 0) is 16.8 Å². The van der Waals surface area contributed by atoms with Crippen molar-refractivity contribution in [3.63, 3.8) is 0 Å². The highest BCUT2D eigenvalue weighted by Crippen LogP contribution is 2.45. The summed E-state index contributed by atoms with van der Waals surface area (Å²) in [4.78, 5) is 11.9. The van der Waals surface area contributed by atoms with Gasteiger partial charge in [-0.05, 0) is 35.9 Å². The number of methoxy groups -OCH3 is 1. The topological polar surface area (TPSA) is 70.6 Å². The summed E-state index contributed by atoms with van der Waals surface area (Å²) in [7, 11) is 1.29. The van der Waals surface area contributed by atoms with Crippen molar-refractivity contribution in [1.29, 1.82) is 0 Å². The second kappa shape index (κ2) is 7.50. The summed E-state index contributed by atoms with van der Waals surface area (Å²) in [5, 5.41) is 17.3. The average Bonchev–Trinajstić information content (AvgIpc) is 3.05. The molecular formula is C22H17ClF2N2O3. The number of rotatable bonds is 4. The molecule has 5 nitrogen and oxygen atoms in total. The standard InChI is InChI=1S/C22H17ClF2N2O3/c1-30-21(29)13-4-2-3-12(7-13)11-22(15-6-5-14(23)8-20(15)28)26-18-9-16(24)17(25)10-19(18)27-22/h2-10,26-28H,11H2,1H3. The summed E-state index contributed by atoms with van der Waals surface area (Å²) in [6.07, 6.45) is 0.227. The molecule has 0 amide bonds. The number of hydrogen-bond acceptors (Lipinski definition) is 5. The molecule has 0 aromatic heterocycles. The highest BCUT2D eigenvalue weighted by Gasteiger charge is 2.41. The number of ether oxygens (including phenoxy) is 1. The molecule has 0 bridgehead atoms. The lowest BCUT2D eigenvalue weighted by Crippen LogP contribution is -2.41. The van der Waals surface area contributed by atoms with Gasteiger partial charge in [-0.2, -0.15) is 0 Å². The van der Waals surface area contributed by atoms with Gasteiger partial charge in [0.1, 0.15) is 11.4 Å². The Morgan fingerprint density at radius 2 is 1.73 bits per heavy atom. The van der Waals surface area contributed by atoms with Crippen molar-refractivity contribution in [2.45, 2.75) is 12.1 Å². The van der Waals surface area contributed by atoms with Gasteiger partial charge in [-0.1, -0.05) is 23.7 Å². The predicted octanol–water partition coefficient (Wildman–Crippen LogP) is 5.04. The number of fused-ring (bicyclic) bond motifs is 1. The summed E-state index contributed by atoms with van der Waals surface area (Å²) in [5.41, 5.74) is 1.04. The summed E-state index contributed by atoms with van der Waals surface area (Å²) >= 11 is 5.98. The minimum absolute atomic E-state index is 0.0969. The third kappa shape index (κ3) is 3.52. The molecule has 0 fully saturated rings. The van der Waals surface area contributed by atoms with Crippen molar-refractivity contribution in [2.24, 2.45) is 0 Å². The highest BCUT2D eigenvalue weighted by atomic mass is 35.5. The van der Waals surface area contributed by atoms with E-state index in [0.29, 0.717) is 27.5 Å². The first-order chi connectivity index (χ1) is 14.3. The van der Waals surface area contributed by atoms with Gasteiger partial charge in [0.25, 0.3) is 0 Å². The Hall–Kier alpha value is -3.32. The third-order valence-corrected chi connectivity index (χ3v) is 5.23. The van der Waals surface area contributed by atoms with Gasteiger partial charge in [0.15, 0.2) is 11.6 Å². The lowest BCUT2D eigenvalue weighted by Gasteiger charge is -2.32. The van der Waals surface area contributed by atoms with Gasteiger partial charge in [0.2, 0.25) is 0 Å². The molecule has 1 heterocycles. The predicted molar refractivity (Wildman–Crippen MR) is 110 cm³/mol. The molecule has 3 N–H and O–H groups in total. The van der Waals surface area contributed by atoms with Crippen molar-refractivity contribution >= 4 is 28.9 Å². The van der Waals surface area contributed by atoms with Gasteiger partial charge < -0.3 is 20.5 Å². The van der Waals surface area contributed by atoms with Crippen molar-refractivity contribution < 1.29 is 23.4 Å². The van der Waals surface area contributed by atoms with Gasteiger partial charge in [-0.15, -0.1) is 0 Å². The second-order valence-corrected chi connectivity index (χ2v) is 7.43. The van der Waals surface area contributed by atoms with Crippen LogP contribution in [0.2, 0.25) is 5.02 Å². The first kappa shape index (κ1) is 20.0. The van der Waals surface area contributed by atoms with E-state index in [9.17, 15) is 18.7 Å². The zero-order valence-corrected chi connectivity index (χ0v) is 16.6. The molecule has 30 heavy (non-hydrogen) atoms. The fourth-order valence-corrected chi connectivity index (χ4v) is 3.83. The maximum atomic E-state index is 13.8. The molecule has 0 aliphatic carbocycles. The maximum Gasteiger partial charge on any atom is 0.337 e. The number of aromatic hydroxyl groups is 1. The van der Waals surface area contributed by atoms with E-state index in [1.165, 1.54) is 13.2 Å². The molecule has 1 aliphatic heterocycles. The largest absolute Gasteiger partial charge is 0.507 e. The fourth-order valence-electron chi connectivity index (χ4n) is 3.66. The number of nitrogens with one attached hydrogen (secondary N) is 2. The molecule has 154 valence electrons. The van der Waals surface area contributed by atoms with Crippen molar-refractivity contribution in [2.75, 3.05) is 17.7 Å². The highest BCUT2D eigenvalue weighted by molar-refractivity contribution is 6.30. The van der Waals surface area contributed by atoms with E-state index in [1.807, 2.05) is 0 Å². The maximum absolute atomic E-state index is 13.8. The number of halogens is 3. The Labute approximate surface area is 176 Å². The van der Waals surface area contributed by atoms with Crippen LogP contribution in [0, 0.1) is 11.6 Å². The quantitative estimate of drug-likeness (QED) is 0.506. The lowest BCUT2D eigenvalue weighted by atomic mass is 9.91. The first-order valence-electron chi connectivity index (χ1n) is 9.03. The minimum atomic E-state index is -1.15. The molecule has 0 saturated heterocycles. The Morgan fingerprint density at radius 1 is 1.07 bits per heavy atom. The Bertz CT molecular complexity index is 1120. The molecule has 0 unspecified atom stereocenters. The number of carbonyl (C=O) groups is 1. The monoisotopic (exact) mass is 430 g/mol. The number of benzene rings is 3. The van der Waals surface area contributed by atoms with E-state index in [0.717, 1.165) is 17.7 Å². The Morgan fingerprint density at radius 3 is 2.33 bits per heavy atom. The van der Waals surface area contributed by atoms with Gasteiger partial charge in [0, 0.05) is 29.1 Å². The van der Waals surface area contributed by atoms with Crippen LogP contribution in [0.4, 0.5) is 20.2 Å². The average molecular weight is 431 g/mol. The van der Waals surface area contributed by atoms with E-state index in [-0.39, 0.29) is 12.2 Å². The summed E-state index contributed by atoms with van der Waals surface area (Å²) in [6, 6.07) is 13.5. The van der Waals surface area contributed by atoms with E-state index >= 15 is 0 Å². The van der Waals surface area contributed by atoms with Crippen LogP contribution in [0.5, 0.6) is 5.75 Å². The minimum Gasteiger partial charge on any atom is -0.507 e. The lowest BCUT2D eigenvalue weighted by molar-refractivity contribution is 0.0600. The van der Waals surface area contributed by atoms with Gasteiger partial charge in [-0.3, -0.25) is 0 Å². The van der Waals surface area contributed by atoms with E-state index in [1.54, 1.807) is 36.4 Å². The SMILES string of the molecule is COC(=O)c1cccc(CC2(c3ccc(Cl)cc3O)Nc3cc(F)c(F)cc3N2)c1. The molecule has 0 atom stereocenters. The van der Waals surface area contributed by atoms with E-state index in [2.05, 4.69) is 10.6 Å². The van der Waals surface area contributed by atoms with Gasteiger partial charge in [-0.25, -0.2) is 13.6 Å². The number of phenols is 1. The molecule has 3 aromatic carbocycles. The molecule has 3 aromatic rings. The van der Waals surface area contributed by atoms with Crippen LogP contribution >= 0.6 is 11.6 Å². The zero-order chi connectivity index (χ0) is 21.5. The smallest absolute Gasteiger partial charge is 0.337 e. The van der Waals surface area contributed by atoms with Crippen molar-refractivity contribution in [1.82, 2.24) is 0 Å². The van der Waals surface area contributed by atoms with Crippen molar-refractivity contribution in [3.8, 4) is 5.75 Å². The third-order valence-electron chi connectivity index (χ3n) is 4.99. The summed E-state index contributed by atoms with van der Waals surface area (Å²) in [5.74, 6) is -2.57. The molecule has 0 spiro atoms. The number of anilines is 2. The van der Waals surface area contributed by atoms with E-state index < -0.39 is 23.3 Å². The normalized spacial score (nSPS) is 13.9. The molecular weight excluding hydrogens is 414 g/mol. The van der Waals surface area contributed by atoms with Gasteiger partial charge >= 0.3 is 5.97 Å². The molecule has 0 radical (unpaired) electrons. The number of esters is 1. The van der Waals surface area contributed by atoms with Crippen molar-refractivity contribution in [3.05, 3.63) is 87.9 Å². The fraction of sp³-hybridized carbons (Fsp3) is 0.136. The number of phenolic OH excluding ortho intramolecular Hbond substituents is 1. The van der Waals surface area contributed by atoms with Crippen LogP contribution < -0.4 is 10.6 Å².